The number of carbonyl (C=O) groups excluding carboxylic acids is 1. The number of hydrogen-bond donors (Lipinski definition) is 3. The number of rotatable bonds is 4. The number of aromatic nitrogens is 2. The standard InChI is InChI=1S/C18H16FN3O3/c1-11(23)14-4-2-3-5-15(14)20-18(25)17-16(24)10-22(21-17)13-8-6-12(19)7-9-13/h2-11,23-24H,1H3,(H,20,25). The van der Waals surface area contributed by atoms with Crippen molar-refractivity contribution in [3.05, 3.63) is 71.8 Å². The zero-order chi connectivity index (χ0) is 18.0. The molecule has 1 atom stereocenters. The Morgan fingerprint density at radius 2 is 1.88 bits per heavy atom. The van der Waals surface area contributed by atoms with Crippen LogP contribution in [0.4, 0.5) is 10.1 Å². The van der Waals surface area contributed by atoms with Crippen molar-refractivity contribution in [3.8, 4) is 11.4 Å². The van der Waals surface area contributed by atoms with Gasteiger partial charge in [0, 0.05) is 11.3 Å². The number of aromatic hydroxyl groups is 1. The molecule has 0 saturated carbocycles. The largest absolute Gasteiger partial charge is 0.504 e. The van der Waals surface area contributed by atoms with Crippen molar-refractivity contribution in [2.24, 2.45) is 0 Å². The van der Waals surface area contributed by atoms with E-state index < -0.39 is 17.8 Å². The van der Waals surface area contributed by atoms with E-state index in [0.29, 0.717) is 16.9 Å². The van der Waals surface area contributed by atoms with Crippen molar-refractivity contribution >= 4 is 11.6 Å². The van der Waals surface area contributed by atoms with E-state index in [4.69, 9.17) is 0 Å². The predicted octanol–water partition coefficient (Wildman–Crippen LogP) is 3.02. The Balaban J connectivity index is 1.87. The first kappa shape index (κ1) is 16.7. The monoisotopic (exact) mass is 341 g/mol. The van der Waals surface area contributed by atoms with E-state index in [9.17, 15) is 19.4 Å². The lowest BCUT2D eigenvalue weighted by Gasteiger charge is -2.12. The highest BCUT2D eigenvalue weighted by Gasteiger charge is 2.19. The number of halogens is 1. The maximum absolute atomic E-state index is 13.0. The number of anilines is 1. The van der Waals surface area contributed by atoms with E-state index in [2.05, 4.69) is 10.4 Å². The molecule has 25 heavy (non-hydrogen) atoms. The molecular weight excluding hydrogens is 325 g/mol. The Morgan fingerprint density at radius 3 is 2.56 bits per heavy atom. The van der Waals surface area contributed by atoms with Crippen molar-refractivity contribution in [2.75, 3.05) is 5.32 Å². The van der Waals surface area contributed by atoms with Gasteiger partial charge >= 0.3 is 0 Å². The Morgan fingerprint density at radius 1 is 1.20 bits per heavy atom. The number of para-hydroxylation sites is 1. The van der Waals surface area contributed by atoms with Gasteiger partial charge in [0.1, 0.15) is 5.82 Å². The molecule has 3 N–H and O–H groups in total. The fourth-order valence-corrected chi connectivity index (χ4v) is 2.41. The molecule has 0 aliphatic rings. The Hall–Kier alpha value is -3.19. The first-order valence-corrected chi connectivity index (χ1v) is 7.58. The van der Waals surface area contributed by atoms with Crippen molar-refractivity contribution in [3.63, 3.8) is 0 Å². The van der Waals surface area contributed by atoms with Crippen LogP contribution in [0.2, 0.25) is 0 Å². The third-order valence-corrected chi connectivity index (χ3v) is 3.66. The van der Waals surface area contributed by atoms with Gasteiger partial charge in [-0.25, -0.2) is 9.07 Å². The summed E-state index contributed by atoms with van der Waals surface area (Å²) in [5.74, 6) is -1.32. The average Bonchev–Trinajstić information content (AvgIpc) is 2.97. The van der Waals surface area contributed by atoms with Crippen LogP contribution in [-0.4, -0.2) is 25.9 Å². The highest BCUT2D eigenvalue weighted by molar-refractivity contribution is 6.05. The summed E-state index contributed by atoms with van der Waals surface area (Å²) in [4.78, 5) is 12.4. The van der Waals surface area contributed by atoms with Gasteiger partial charge in [-0.15, -0.1) is 0 Å². The van der Waals surface area contributed by atoms with Gasteiger partial charge < -0.3 is 15.5 Å². The summed E-state index contributed by atoms with van der Waals surface area (Å²) >= 11 is 0. The molecule has 0 aliphatic carbocycles. The molecule has 0 saturated heterocycles. The molecule has 1 heterocycles. The minimum atomic E-state index is -0.762. The van der Waals surface area contributed by atoms with E-state index in [-0.39, 0.29) is 11.4 Å². The number of benzene rings is 2. The van der Waals surface area contributed by atoms with Gasteiger partial charge in [-0.3, -0.25) is 4.79 Å². The molecule has 0 radical (unpaired) electrons. The van der Waals surface area contributed by atoms with Crippen LogP contribution in [0, 0.1) is 5.82 Å². The SMILES string of the molecule is CC(O)c1ccccc1NC(=O)c1nn(-c2ccc(F)cc2)cc1O. The van der Waals surface area contributed by atoms with E-state index >= 15 is 0 Å². The normalized spacial score (nSPS) is 12.0. The van der Waals surface area contributed by atoms with Crippen molar-refractivity contribution in [1.29, 1.82) is 0 Å². The van der Waals surface area contributed by atoms with E-state index in [1.165, 1.54) is 35.1 Å². The first-order chi connectivity index (χ1) is 12.0. The molecule has 1 unspecified atom stereocenters. The third-order valence-electron chi connectivity index (χ3n) is 3.66. The van der Waals surface area contributed by atoms with Gasteiger partial charge in [0.25, 0.3) is 5.91 Å². The molecule has 1 amide bonds. The van der Waals surface area contributed by atoms with Crippen molar-refractivity contribution in [2.45, 2.75) is 13.0 Å². The van der Waals surface area contributed by atoms with Gasteiger partial charge in [-0.05, 0) is 37.3 Å². The second-order valence-corrected chi connectivity index (χ2v) is 5.50. The smallest absolute Gasteiger partial charge is 0.280 e. The zero-order valence-electron chi connectivity index (χ0n) is 13.3. The van der Waals surface area contributed by atoms with Crippen LogP contribution in [0.1, 0.15) is 29.1 Å². The molecular formula is C18H16FN3O3. The molecule has 0 bridgehead atoms. The highest BCUT2D eigenvalue weighted by Crippen LogP contribution is 2.24. The molecule has 128 valence electrons. The Kier molecular flexibility index (Phi) is 4.49. The van der Waals surface area contributed by atoms with E-state index in [1.807, 2.05) is 0 Å². The third kappa shape index (κ3) is 3.51. The summed E-state index contributed by atoms with van der Waals surface area (Å²) < 4.78 is 14.3. The lowest BCUT2D eigenvalue weighted by Crippen LogP contribution is -2.15. The van der Waals surface area contributed by atoms with Crippen LogP contribution in [0.25, 0.3) is 5.69 Å². The highest BCUT2D eigenvalue weighted by atomic mass is 19.1. The molecule has 1 aromatic heterocycles. The fraction of sp³-hybridized carbons (Fsp3) is 0.111. The summed E-state index contributed by atoms with van der Waals surface area (Å²) in [6, 6.07) is 12.3. The minimum absolute atomic E-state index is 0.176. The number of aliphatic hydroxyl groups excluding tert-OH is 1. The number of carbonyl (C=O) groups is 1. The molecule has 3 rings (SSSR count). The minimum Gasteiger partial charge on any atom is -0.504 e. The number of amides is 1. The maximum Gasteiger partial charge on any atom is 0.280 e. The summed E-state index contributed by atoms with van der Waals surface area (Å²) in [5, 5.41) is 26.5. The number of hydrogen-bond acceptors (Lipinski definition) is 4. The van der Waals surface area contributed by atoms with Crippen LogP contribution >= 0.6 is 0 Å². The van der Waals surface area contributed by atoms with E-state index in [0.717, 1.165) is 0 Å². The van der Waals surface area contributed by atoms with Crippen LogP contribution in [0.5, 0.6) is 5.75 Å². The fourth-order valence-electron chi connectivity index (χ4n) is 2.41. The van der Waals surface area contributed by atoms with Gasteiger partial charge in [0.05, 0.1) is 18.0 Å². The topological polar surface area (TPSA) is 87.4 Å². The lowest BCUT2D eigenvalue weighted by atomic mass is 10.1. The van der Waals surface area contributed by atoms with Crippen LogP contribution in [0.15, 0.2) is 54.7 Å². The van der Waals surface area contributed by atoms with Gasteiger partial charge in [-0.1, -0.05) is 18.2 Å². The summed E-state index contributed by atoms with van der Waals surface area (Å²) in [6.45, 7) is 1.59. The molecule has 7 heteroatoms. The van der Waals surface area contributed by atoms with Crippen molar-refractivity contribution in [1.82, 2.24) is 9.78 Å². The van der Waals surface area contributed by atoms with Crippen LogP contribution in [-0.2, 0) is 0 Å². The number of nitrogens with zero attached hydrogens (tertiary/aromatic N) is 2. The van der Waals surface area contributed by atoms with Crippen LogP contribution < -0.4 is 5.32 Å². The molecule has 0 fully saturated rings. The van der Waals surface area contributed by atoms with Gasteiger partial charge in [-0.2, -0.15) is 5.10 Å². The van der Waals surface area contributed by atoms with Gasteiger partial charge in [0.15, 0.2) is 11.4 Å². The summed E-state index contributed by atoms with van der Waals surface area (Å²) in [7, 11) is 0. The first-order valence-electron chi connectivity index (χ1n) is 7.58. The average molecular weight is 341 g/mol. The van der Waals surface area contributed by atoms with Crippen LogP contribution in [0.3, 0.4) is 0 Å². The van der Waals surface area contributed by atoms with E-state index in [1.54, 1.807) is 31.2 Å². The Bertz CT molecular complexity index is 904. The number of aliphatic hydroxyl groups is 1. The molecule has 0 spiro atoms. The number of nitrogens with one attached hydrogen (secondary N) is 1. The molecule has 2 aromatic carbocycles. The summed E-state index contributed by atoms with van der Waals surface area (Å²) in [5.41, 5.74) is 1.30. The predicted molar refractivity (Wildman–Crippen MR) is 90.2 cm³/mol. The van der Waals surface area contributed by atoms with Gasteiger partial charge in [0.2, 0.25) is 0 Å². The lowest BCUT2D eigenvalue weighted by molar-refractivity contribution is 0.101. The summed E-state index contributed by atoms with van der Waals surface area (Å²) in [6.07, 6.45) is 0.504. The van der Waals surface area contributed by atoms with Crippen molar-refractivity contribution < 1.29 is 19.4 Å². The molecule has 3 aromatic rings. The maximum atomic E-state index is 13.0. The second-order valence-electron chi connectivity index (χ2n) is 5.50. The molecule has 6 nitrogen and oxygen atoms in total. The quantitative estimate of drug-likeness (QED) is 0.681. The zero-order valence-corrected chi connectivity index (χ0v) is 13.3. The Labute approximate surface area is 143 Å². The molecule has 0 aliphatic heterocycles. The second kappa shape index (κ2) is 6.74.